The van der Waals surface area contributed by atoms with E-state index in [4.69, 9.17) is 5.73 Å². The standard InChI is InChI=1S/C13H25N3O2/c1-10(2)9-12(14)13(18)16-8-6-4-5-7-15-11(3)17/h6,8,10,12H,4-5,7,9,14H2,1-3H3,(H,15,17)(H,16,18)/b8-6+/t12-/m0/s1. The summed E-state index contributed by atoms with van der Waals surface area (Å²) in [5.74, 6) is 0.237. The molecule has 0 aromatic carbocycles. The van der Waals surface area contributed by atoms with E-state index >= 15 is 0 Å². The fourth-order valence-electron chi connectivity index (χ4n) is 1.43. The summed E-state index contributed by atoms with van der Waals surface area (Å²) < 4.78 is 0. The Morgan fingerprint density at radius 2 is 2.00 bits per heavy atom. The molecule has 2 amide bonds. The minimum atomic E-state index is -0.450. The fourth-order valence-corrected chi connectivity index (χ4v) is 1.43. The van der Waals surface area contributed by atoms with E-state index in [0.717, 1.165) is 12.8 Å². The molecule has 5 nitrogen and oxygen atoms in total. The molecule has 0 saturated carbocycles. The second-order valence-corrected chi connectivity index (χ2v) is 4.77. The molecule has 0 aromatic heterocycles. The Hall–Kier alpha value is -1.36. The van der Waals surface area contributed by atoms with Gasteiger partial charge in [-0.2, -0.15) is 0 Å². The van der Waals surface area contributed by atoms with Crippen LogP contribution >= 0.6 is 0 Å². The van der Waals surface area contributed by atoms with E-state index < -0.39 is 6.04 Å². The molecule has 104 valence electrons. The summed E-state index contributed by atoms with van der Waals surface area (Å²) in [5, 5.41) is 5.36. The lowest BCUT2D eigenvalue weighted by Crippen LogP contribution is -2.39. The zero-order valence-corrected chi connectivity index (χ0v) is 11.5. The van der Waals surface area contributed by atoms with Gasteiger partial charge in [0.25, 0.3) is 0 Å². The molecule has 0 radical (unpaired) electrons. The molecule has 0 fully saturated rings. The van der Waals surface area contributed by atoms with Gasteiger partial charge in [0.2, 0.25) is 11.8 Å². The Bertz CT molecular complexity index is 288. The summed E-state index contributed by atoms with van der Waals surface area (Å²) in [5.41, 5.74) is 5.72. The predicted octanol–water partition coefficient (Wildman–Crippen LogP) is 0.906. The number of rotatable bonds is 8. The quantitative estimate of drug-likeness (QED) is 0.564. The van der Waals surface area contributed by atoms with Crippen LogP contribution in [0.1, 0.15) is 40.0 Å². The maximum absolute atomic E-state index is 11.5. The molecule has 0 rings (SSSR count). The van der Waals surface area contributed by atoms with Gasteiger partial charge in [-0.15, -0.1) is 0 Å². The molecule has 0 aliphatic heterocycles. The van der Waals surface area contributed by atoms with Crippen molar-refractivity contribution in [2.45, 2.75) is 46.1 Å². The van der Waals surface area contributed by atoms with Crippen LogP contribution in [0.5, 0.6) is 0 Å². The van der Waals surface area contributed by atoms with Gasteiger partial charge in [0.05, 0.1) is 6.04 Å². The van der Waals surface area contributed by atoms with Crippen LogP contribution in [0.4, 0.5) is 0 Å². The normalized spacial score (nSPS) is 12.7. The van der Waals surface area contributed by atoms with Crippen molar-refractivity contribution in [1.29, 1.82) is 0 Å². The molecule has 5 heteroatoms. The van der Waals surface area contributed by atoms with Gasteiger partial charge in [-0.3, -0.25) is 9.59 Å². The van der Waals surface area contributed by atoms with Crippen molar-refractivity contribution in [3.05, 3.63) is 12.3 Å². The third-order valence-corrected chi connectivity index (χ3v) is 2.33. The van der Waals surface area contributed by atoms with Gasteiger partial charge >= 0.3 is 0 Å². The van der Waals surface area contributed by atoms with E-state index in [9.17, 15) is 9.59 Å². The highest BCUT2D eigenvalue weighted by molar-refractivity contribution is 5.82. The maximum atomic E-state index is 11.5. The monoisotopic (exact) mass is 255 g/mol. The van der Waals surface area contributed by atoms with Gasteiger partial charge in [0.1, 0.15) is 0 Å². The summed E-state index contributed by atoms with van der Waals surface area (Å²) in [4.78, 5) is 22.1. The largest absolute Gasteiger partial charge is 0.356 e. The number of nitrogens with one attached hydrogen (secondary N) is 2. The summed E-state index contributed by atoms with van der Waals surface area (Å²) in [6, 6.07) is -0.450. The van der Waals surface area contributed by atoms with Crippen LogP contribution in [-0.4, -0.2) is 24.4 Å². The lowest BCUT2D eigenvalue weighted by Gasteiger charge is -2.12. The lowest BCUT2D eigenvalue weighted by molar-refractivity contribution is -0.121. The molecule has 0 aliphatic rings. The highest BCUT2D eigenvalue weighted by atomic mass is 16.2. The number of nitrogens with two attached hydrogens (primary N) is 1. The number of allylic oxidation sites excluding steroid dienone is 1. The van der Waals surface area contributed by atoms with E-state index in [0.29, 0.717) is 18.9 Å². The first kappa shape index (κ1) is 16.6. The maximum Gasteiger partial charge on any atom is 0.240 e. The number of hydrogen-bond acceptors (Lipinski definition) is 3. The first-order valence-corrected chi connectivity index (χ1v) is 6.39. The van der Waals surface area contributed by atoms with Crippen LogP contribution < -0.4 is 16.4 Å². The molecule has 18 heavy (non-hydrogen) atoms. The fraction of sp³-hybridized carbons (Fsp3) is 0.692. The topological polar surface area (TPSA) is 84.2 Å². The number of unbranched alkanes of at least 4 members (excludes halogenated alkanes) is 1. The van der Waals surface area contributed by atoms with Gasteiger partial charge in [-0.1, -0.05) is 19.9 Å². The molecular formula is C13H25N3O2. The first-order chi connectivity index (χ1) is 8.43. The van der Waals surface area contributed by atoms with Crippen LogP contribution in [0.25, 0.3) is 0 Å². The number of hydrogen-bond donors (Lipinski definition) is 3. The van der Waals surface area contributed by atoms with E-state index in [1.165, 1.54) is 6.92 Å². The van der Waals surface area contributed by atoms with Crippen molar-refractivity contribution in [1.82, 2.24) is 10.6 Å². The van der Waals surface area contributed by atoms with E-state index in [1.54, 1.807) is 6.20 Å². The molecule has 0 unspecified atom stereocenters. The van der Waals surface area contributed by atoms with Crippen LogP contribution in [-0.2, 0) is 9.59 Å². The summed E-state index contributed by atoms with van der Waals surface area (Å²) in [6.45, 7) is 6.21. The van der Waals surface area contributed by atoms with Crippen molar-refractivity contribution >= 4 is 11.8 Å². The zero-order chi connectivity index (χ0) is 14.0. The highest BCUT2D eigenvalue weighted by Crippen LogP contribution is 2.02. The molecule has 0 aliphatic carbocycles. The molecule has 1 atom stereocenters. The van der Waals surface area contributed by atoms with Crippen LogP contribution in [0, 0.1) is 5.92 Å². The Balaban J connectivity index is 3.62. The van der Waals surface area contributed by atoms with Crippen molar-refractivity contribution in [3.63, 3.8) is 0 Å². The average molecular weight is 255 g/mol. The number of carbonyl (C=O) groups is 2. The second kappa shape index (κ2) is 9.65. The Labute approximate surface area is 109 Å². The van der Waals surface area contributed by atoms with Crippen molar-refractivity contribution in [2.75, 3.05) is 6.54 Å². The van der Waals surface area contributed by atoms with Gasteiger partial charge < -0.3 is 16.4 Å². The molecule has 0 aromatic rings. The molecule has 4 N–H and O–H groups in total. The van der Waals surface area contributed by atoms with Crippen LogP contribution in [0.3, 0.4) is 0 Å². The molecule has 0 heterocycles. The molecule has 0 saturated heterocycles. The van der Waals surface area contributed by atoms with Crippen LogP contribution in [0.15, 0.2) is 12.3 Å². The SMILES string of the molecule is CC(=O)NCCC/C=C/NC(=O)[C@@H](N)CC(C)C. The smallest absolute Gasteiger partial charge is 0.240 e. The van der Waals surface area contributed by atoms with Gasteiger partial charge in [0.15, 0.2) is 0 Å². The molecule has 0 spiro atoms. The van der Waals surface area contributed by atoms with E-state index in [1.807, 2.05) is 19.9 Å². The molecule has 0 bridgehead atoms. The predicted molar refractivity (Wildman–Crippen MR) is 72.6 cm³/mol. The average Bonchev–Trinajstić information content (AvgIpc) is 2.26. The second-order valence-electron chi connectivity index (χ2n) is 4.77. The van der Waals surface area contributed by atoms with E-state index in [-0.39, 0.29) is 11.8 Å². The van der Waals surface area contributed by atoms with Gasteiger partial charge in [-0.05, 0) is 31.4 Å². The Morgan fingerprint density at radius 1 is 1.33 bits per heavy atom. The molecular weight excluding hydrogens is 230 g/mol. The van der Waals surface area contributed by atoms with Crippen molar-refractivity contribution in [3.8, 4) is 0 Å². The lowest BCUT2D eigenvalue weighted by atomic mass is 10.0. The van der Waals surface area contributed by atoms with Crippen molar-refractivity contribution < 1.29 is 9.59 Å². The van der Waals surface area contributed by atoms with Crippen LogP contribution in [0.2, 0.25) is 0 Å². The van der Waals surface area contributed by atoms with E-state index in [2.05, 4.69) is 10.6 Å². The van der Waals surface area contributed by atoms with Gasteiger partial charge in [-0.25, -0.2) is 0 Å². The minimum Gasteiger partial charge on any atom is -0.356 e. The van der Waals surface area contributed by atoms with Gasteiger partial charge in [0, 0.05) is 13.5 Å². The zero-order valence-electron chi connectivity index (χ0n) is 11.5. The number of amides is 2. The summed E-state index contributed by atoms with van der Waals surface area (Å²) in [7, 11) is 0. The minimum absolute atomic E-state index is 0.0214. The third-order valence-electron chi connectivity index (χ3n) is 2.33. The summed E-state index contributed by atoms with van der Waals surface area (Å²) >= 11 is 0. The highest BCUT2D eigenvalue weighted by Gasteiger charge is 2.12. The first-order valence-electron chi connectivity index (χ1n) is 6.39. The summed E-state index contributed by atoms with van der Waals surface area (Å²) in [6.07, 6.45) is 5.82. The Kier molecular flexibility index (Phi) is 8.92. The van der Waals surface area contributed by atoms with Crippen molar-refractivity contribution in [2.24, 2.45) is 11.7 Å². The number of carbonyl (C=O) groups excluding carboxylic acids is 2. The Morgan fingerprint density at radius 3 is 2.56 bits per heavy atom. The third kappa shape index (κ3) is 9.84.